The van der Waals surface area contributed by atoms with Crippen LogP contribution in [0.25, 0.3) is 0 Å². The predicted molar refractivity (Wildman–Crippen MR) is 71.3 cm³/mol. The van der Waals surface area contributed by atoms with E-state index in [0.717, 1.165) is 25.6 Å². The van der Waals surface area contributed by atoms with E-state index < -0.39 is 0 Å². The Hall–Kier alpha value is -0.120. The second kappa shape index (κ2) is 5.68. The molecule has 100 valence electrons. The molecule has 0 aromatic rings. The number of nitrogens with zero attached hydrogens (tertiary/aromatic N) is 1. The molecule has 3 nitrogen and oxygen atoms in total. The Bertz CT molecular complexity index is 238. The van der Waals surface area contributed by atoms with Gasteiger partial charge in [0, 0.05) is 38.8 Å². The third-order valence-electron chi connectivity index (χ3n) is 4.48. The van der Waals surface area contributed by atoms with Crippen LogP contribution >= 0.6 is 0 Å². The first-order chi connectivity index (χ1) is 8.13. The van der Waals surface area contributed by atoms with Crippen molar-refractivity contribution in [3.05, 3.63) is 0 Å². The van der Waals surface area contributed by atoms with Gasteiger partial charge in [-0.2, -0.15) is 0 Å². The van der Waals surface area contributed by atoms with Gasteiger partial charge in [0.2, 0.25) is 0 Å². The van der Waals surface area contributed by atoms with Crippen molar-refractivity contribution in [2.45, 2.75) is 51.7 Å². The highest BCUT2D eigenvalue weighted by atomic mass is 16.5. The van der Waals surface area contributed by atoms with Crippen LogP contribution < -0.4 is 5.32 Å². The van der Waals surface area contributed by atoms with Crippen molar-refractivity contribution in [1.82, 2.24) is 10.2 Å². The maximum Gasteiger partial charge on any atom is 0.0781 e. The zero-order valence-corrected chi connectivity index (χ0v) is 11.7. The lowest BCUT2D eigenvalue weighted by Gasteiger charge is -2.40. The summed E-state index contributed by atoms with van der Waals surface area (Å²) in [5, 5.41) is 3.65. The molecule has 0 aromatic heterocycles. The summed E-state index contributed by atoms with van der Waals surface area (Å²) in [4.78, 5) is 2.60. The Balaban J connectivity index is 1.84. The normalized spacial score (nSPS) is 37.2. The molecular formula is C14H28N2O. The monoisotopic (exact) mass is 240 g/mol. The van der Waals surface area contributed by atoms with Crippen LogP contribution in [0.2, 0.25) is 0 Å². The predicted octanol–water partition coefficient (Wildman–Crippen LogP) is 1.88. The van der Waals surface area contributed by atoms with Gasteiger partial charge < -0.3 is 10.1 Å². The lowest BCUT2D eigenvalue weighted by molar-refractivity contribution is -0.0164. The molecule has 0 radical (unpaired) electrons. The molecule has 2 saturated heterocycles. The van der Waals surface area contributed by atoms with Gasteiger partial charge in [-0.1, -0.05) is 20.3 Å². The molecule has 3 atom stereocenters. The topological polar surface area (TPSA) is 24.5 Å². The number of hydrogen-bond acceptors (Lipinski definition) is 3. The number of nitrogens with one attached hydrogen (secondary N) is 1. The molecule has 0 aliphatic carbocycles. The Morgan fingerprint density at radius 2 is 2.35 bits per heavy atom. The first kappa shape index (κ1) is 13.3. The summed E-state index contributed by atoms with van der Waals surface area (Å²) in [5.74, 6) is 0.773. The zero-order chi connectivity index (χ0) is 12.3. The maximum absolute atomic E-state index is 5.90. The highest BCUT2D eigenvalue weighted by Gasteiger charge is 2.34. The van der Waals surface area contributed by atoms with Crippen molar-refractivity contribution < 1.29 is 4.74 Å². The minimum Gasteiger partial charge on any atom is -0.374 e. The number of piperazine rings is 1. The Morgan fingerprint density at radius 1 is 1.53 bits per heavy atom. The van der Waals surface area contributed by atoms with Gasteiger partial charge in [0.05, 0.1) is 5.60 Å². The van der Waals surface area contributed by atoms with E-state index in [9.17, 15) is 0 Å². The van der Waals surface area contributed by atoms with Crippen LogP contribution in [-0.4, -0.2) is 49.3 Å². The van der Waals surface area contributed by atoms with E-state index in [-0.39, 0.29) is 5.60 Å². The molecule has 2 heterocycles. The Morgan fingerprint density at radius 3 is 3.00 bits per heavy atom. The third kappa shape index (κ3) is 3.43. The minimum atomic E-state index is 0.122. The molecule has 3 heteroatoms. The van der Waals surface area contributed by atoms with Crippen LogP contribution in [0, 0.1) is 5.92 Å². The number of hydrogen-bond donors (Lipinski definition) is 1. The van der Waals surface area contributed by atoms with Gasteiger partial charge in [0.1, 0.15) is 0 Å². The molecule has 0 amide bonds. The van der Waals surface area contributed by atoms with Crippen LogP contribution in [0.4, 0.5) is 0 Å². The third-order valence-corrected chi connectivity index (χ3v) is 4.48. The van der Waals surface area contributed by atoms with Crippen LogP contribution in [0.1, 0.15) is 40.0 Å². The molecule has 0 spiro atoms. The van der Waals surface area contributed by atoms with Crippen LogP contribution in [0.5, 0.6) is 0 Å². The second-order valence-electron chi connectivity index (χ2n) is 6.08. The van der Waals surface area contributed by atoms with E-state index in [2.05, 4.69) is 31.0 Å². The molecule has 0 aromatic carbocycles. The Kier molecular flexibility index (Phi) is 4.45. The smallest absolute Gasteiger partial charge is 0.0781 e. The van der Waals surface area contributed by atoms with Gasteiger partial charge in [0.15, 0.2) is 0 Å². The van der Waals surface area contributed by atoms with Crippen LogP contribution in [0.15, 0.2) is 0 Å². The molecule has 2 rings (SSSR count). The lowest BCUT2D eigenvalue weighted by Crippen LogP contribution is -2.56. The molecule has 2 aliphatic rings. The van der Waals surface area contributed by atoms with Crippen molar-refractivity contribution in [1.29, 1.82) is 0 Å². The van der Waals surface area contributed by atoms with Crippen molar-refractivity contribution >= 4 is 0 Å². The SMILES string of the molecule is CCC(C)C1CN(CC2(C)CCCO2)CCN1. The summed E-state index contributed by atoms with van der Waals surface area (Å²) in [5.41, 5.74) is 0.122. The molecule has 1 N–H and O–H groups in total. The van der Waals surface area contributed by atoms with Crippen molar-refractivity contribution in [3.8, 4) is 0 Å². The summed E-state index contributed by atoms with van der Waals surface area (Å²) in [7, 11) is 0. The fourth-order valence-electron chi connectivity index (χ4n) is 3.09. The van der Waals surface area contributed by atoms with E-state index in [1.165, 1.54) is 32.4 Å². The van der Waals surface area contributed by atoms with Gasteiger partial charge in [-0.05, 0) is 25.7 Å². The largest absolute Gasteiger partial charge is 0.374 e. The van der Waals surface area contributed by atoms with Crippen molar-refractivity contribution in [2.75, 3.05) is 32.8 Å². The van der Waals surface area contributed by atoms with E-state index in [1.807, 2.05) is 0 Å². The summed E-state index contributed by atoms with van der Waals surface area (Å²) < 4.78 is 5.90. The second-order valence-corrected chi connectivity index (χ2v) is 6.08. The summed E-state index contributed by atoms with van der Waals surface area (Å²) in [6.07, 6.45) is 3.72. The molecular weight excluding hydrogens is 212 g/mol. The van der Waals surface area contributed by atoms with Crippen molar-refractivity contribution in [3.63, 3.8) is 0 Å². The summed E-state index contributed by atoms with van der Waals surface area (Å²) >= 11 is 0. The Labute approximate surface area is 106 Å². The van der Waals surface area contributed by atoms with Crippen LogP contribution in [0.3, 0.4) is 0 Å². The average molecular weight is 240 g/mol. The zero-order valence-electron chi connectivity index (χ0n) is 11.7. The first-order valence-corrected chi connectivity index (χ1v) is 7.23. The standard InChI is InChI=1S/C14H28N2O/c1-4-12(2)13-10-16(8-7-15-13)11-14(3)6-5-9-17-14/h12-13,15H,4-11H2,1-3H3. The molecule has 3 unspecified atom stereocenters. The van der Waals surface area contributed by atoms with E-state index in [1.54, 1.807) is 0 Å². The van der Waals surface area contributed by atoms with E-state index >= 15 is 0 Å². The number of ether oxygens (including phenoxy) is 1. The summed E-state index contributed by atoms with van der Waals surface area (Å²) in [6, 6.07) is 0.666. The van der Waals surface area contributed by atoms with Crippen molar-refractivity contribution in [2.24, 2.45) is 5.92 Å². The highest BCUT2D eigenvalue weighted by Crippen LogP contribution is 2.26. The molecule has 0 saturated carbocycles. The highest BCUT2D eigenvalue weighted by molar-refractivity contribution is 4.88. The quantitative estimate of drug-likeness (QED) is 0.812. The molecule has 0 bridgehead atoms. The van der Waals surface area contributed by atoms with Gasteiger partial charge in [0.25, 0.3) is 0 Å². The van der Waals surface area contributed by atoms with Crippen LogP contribution in [-0.2, 0) is 4.74 Å². The fourth-order valence-corrected chi connectivity index (χ4v) is 3.09. The number of rotatable bonds is 4. The van der Waals surface area contributed by atoms with Gasteiger partial charge in [-0.25, -0.2) is 0 Å². The van der Waals surface area contributed by atoms with E-state index in [4.69, 9.17) is 4.74 Å². The maximum atomic E-state index is 5.90. The van der Waals surface area contributed by atoms with Gasteiger partial charge in [-0.15, -0.1) is 0 Å². The molecule has 17 heavy (non-hydrogen) atoms. The minimum absolute atomic E-state index is 0.122. The summed E-state index contributed by atoms with van der Waals surface area (Å²) in [6.45, 7) is 12.5. The fraction of sp³-hybridized carbons (Fsp3) is 1.00. The molecule has 2 fully saturated rings. The average Bonchev–Trinajstić information content (AvgIpc) is 2.75. The van der Waals surface area contributed by atoms with E-state index in [0.29, 0.717) is 6.04 Å². The van der Waals surface area contributed by atoms with Gasteiger partial charge >= 0.3 is 0 Å². The van der Waals surface area contributed by atoms with Gasteiger partial charge in [-0.3, -0.25) is 4.90 Å². The lowest BCUT2D eigenvalue weighted by atomic mass is 9.95. The first-order valence-electron chi connectivity index (χ1n) is 7.23. The molecule has 2 aliphatic heterocycles.